The molecule has 1 radical (unpaired) electrons. The molecule has 151 valence electrons. The third-order valence-corrected chi connectivity index (χ3v) is 3.54. The molecule has 0 nitrogen and oxygen atoms in total. The number of aryl methyl sites for hydroxylation is 4. The average Bonchev–Trinajstić information content (AvgIpc) is 2.72. The second-order valence-electron chi connectivity index (χ2n) is 6.31. The van der Waals surface area contributed by atoms with E-state index in [1.165, 1.54) is 22.3 Å². The van der Waals surface area contributed by atoms with E-state index in [-0.39, 0.29) is 17.1 Å². The van der Waals surface area contributed by atoms with Crippen LogP contribution in [-0.4, -0.2) is 0 Å². The van der Waals surface area contributed by atoms with Crippen LogP contribution in [0.2, 0.25) is 0 Å². The molecule has 0 atom stereocenters. The molecule has 0 aliphatic rings. The smallest absolute Gasteiger partial charge is 0 e. The maximum absolute atomic E-state index is 2.93. The first-order chi connectivity index (χ1) is 13.6. The number of hydrogen-bond donors (Lipinski definition) is 0. The quantitative estimate of drug-likeness (QED) is 0.209. The molecule has 4 aromatic carbocycles. The summed E-state index contributed by atoms with van der Waals surface area (Å²) in [4.78, 5) is 0. The fraction of sp³-hybridized carbons (Fsp3) is 0.143. The summed E-state index contributed by atoms with van der Waals surface area (Å²) < 4.78 is 0. The van der Waals surface area contributed by atoms with E-state index in [9.17, 15) is 0 Å². The Labute approximate surface area is 188 Å². The van der Waals surface area contributed by atoms with Crippen LogP contribution in [0.3, 0.4) is 0 Å². The van der Waals surface area contributed by atoms with Crippen LogP contribution in [0, 0.1) is 52.0 Å². The molecule has 0 amide bonds. The van der Waals surface area contributed by atoms with Crippen molar-refractivity contribution in [2.24, 2.45) is 0 Å². The van der Waals surface area contributed by atoms with Gasteiger partial charge in [0.2, 0.25) is 0 Å². The largest absolute Gasteiger partial charge is 0.184 e. The zero-order chi connectivity index (χ0) is 20.5. The van der Waals surface area contributed by atoms with Crippen LogP contribution in [-0.2, 0) is 17.1 Å². The van der Waals surface area contributed by atoms with E-state index in [0.29, 0.717) is 0 Å². The van der Waals surface area contributed by atoms with E-state index in [0.717, 1.165) is 0 Å². The summed E-state index contributed by atoms with van der Waals surface area (Å²) in [6.07, 6.45) is 0. The van der Waals surface area contributed by atoms with Crippen molar-refractivity contribution in [3.63, 3.8) is 0 Å². The van der Waals surface area contributed by atoms with Crippen molar-refractivity contribution < 1.29 is 17.1 Å². The van der Waals surface area contributed by atoms with Crippen LogP contribution < -0.4 is 0 Å². The van der Waals surface area contributed by atoms with Crippen LogP contribution >= 0.6 is 0 Å². The number of hydrogen-bond acceptors (Lipinski definition) is 0. The average molecular weight is 419 g/mol. The van der Waals surface area contributed by atoms with Crippen molar-refractivity contribution in [3.05, 3.63) is 144 Å². The predicted molar refractivity (Wildman–Crippen MR) is 120 cm³/mol. The Morgan fingerprint density at radius 3 is 0.552 bits per heavy atom. The third-order valence-electron chi connectivity index (χ3n) is 3.54. The van der Waals surface area contributed by atoms with Gasteiger partial charge >= 0.3 is 0 Å². The molecule has 0 unspecified atom stereocenters. The molecule has 0 spiro atoms. The molecule has 4 aromatic rings. The molecular weight excluding hydrogens is 391 g/mol. The SMILES string of the molecule is Cc1cc[c-]cc1.Cc1cc[c-]cc1.Cc1cc[c-]cc1.Cc1cc[c-]cc1.[Mn]. The van der Waals surface area contributed by atoms with Gasteiger partial charge in [0.1, 0.15) is 0 Å². The molecular formula is C28H28Mn-4. The van der Waals surface area contributed by atoms with E-state index in [1.807, 2.05) is 97.1 Å². The summed E-state index contributed by atoms with van der Waals surface area (Å²) in [7, 11) is 0. The minimum atomic E-state index is 0. The second-order valence-corrected chi connectivity index (χ2v) is 6.31. The summed E-state index contributed by atoms with van der Waals surface area (Å²) in [6.45, 7) is 8.25. The molecule has 0 N–H and O–H groups in total. The van der Waals surface area contributed by atoms with E-state index >= 15 is 0 Å². The first kappa shape index (κ1) is 26.4. The topological polar surface area (TPSA) is 0 Å². The normalized spacial score (nSPS) is 8.41. The molecule has 0 saturated heterocycles. The van der Waals surface area contributed by atoms with Crippen molar-refractivity contribution in [2.45, 2.75) is 27.7 Å². The zero-order valence-electron chi connectivity index (χ0n) is 17.6. The molecule has 0 aliphatic carbocycles. The van der Waals surface area contributed by atoms with Crippen molar-refractivity contribution >= 4 is 0 Å². The fourth-order valence-corrected chi connectivity index (χ4v) is 1.88. The molecule has 4 rings (SSSR count). The van der Waals surface area contributed by atoms with Gasteiger partial charge in [0.15, 0.2) is 0 Å². The minimum Gasteiger partial charge on any atom is -0.184 e. The Morgan fingerprint density at radius 2 is 0.483 bits per heavy atom. The summed E-state index contributed by atoms with van der Waals surface area (Å²) in [5, 5.41) is 0. The van der Waals surface area contributed by atoms with Crippen LogP contribution in [0.25, 0.3) is 0 Å². The van der Waals surface area contributed by atoms with Crippen LogP contribution in [0.4, 0.5) is 0 Å². The van der Waals surface area contributed by atoms with Gasteiger partial charge in [0.05, 0.1) is 0 Å². The van der Waals surface area contributed by atoms with Gasteiger partial charge in [0, 0.05) is 17.1 Å². The molecule has 0 aromatic heterocycles. The van der Waals surface area contributed by atoms with E-state index in [2.05, 4.69) is 52.0 Å². The number of rotatable bonds is 0. The first-order valence-corrected chi connectivity index (χ1v) is 9.29. The predicted octanol–water partition coefficient (Wildman–Crippen LogP) is 7.18. The van der Waals surface area contributed by atoms with Crippen molar-refractivity contribution in [3.8, 4) is 0 Å². The maximum atomic E-state index is 2.93. The van der Waals surface area contributed by atoms with Crippen molar-refractivity contribution in [2.75, 3.05) is 0 Å². The standard InChI is InChI=1S/4C7H7.Mn/c4*1-7-5-3-2-4-6-7;/h4*3-6H,1H3;/q4*-1;. The molecule has 0 bridgehead atoms. The summed E-state index contributed by atoms with van der Waals surface area (Å²) in [6, 6.07) is 43.3. The van der Waals surface area contributed by atoms with Gasteiger partial charge in [-0.3, -0.25) is 0 Å². The molecule has 1 heteroatoms. The van der Waals surface area contributed by atoms with Gasteiger partial charge < -0.3 is 0 Å². The summed E-state index contributed by atoms with van der Waals surface area (Å²) in [5.41, 5.74) is 5.16. The van der Waals surface area contributed by atoms with Crippen LogP contribution in [0.1, 0.15) is 22.3 Å². The van der Waals surface area contributed by atoms with Crippen LogP contribution in [0.5, 0.6) is 0 Å². The van der Waals surface area contributed by atoms with Gasteiger partial charge in [-0.15, -0.1) is 0 Å². The van der Waals surface area contributed by atoms with Gasteiger partial charge in [-0.1, -0.05) is 27.7 Å². The fourth-order valence-electron chi connectivity index (χ4n) is 1.88. The first-order valence-electron chi connectivity index (χ1n) is 9.29. The Kier molecular flexibility index (Phi) is 15.9. The molecule has 0 heterocycles. The number of benzene rings is 4. The molecule has 29 heavy (non-hydrogen) atoms. The second kappa shape index (κ2) is 17.5. The maximum Gasteiger partial charge on any atom is 0 e. The van der Waals surface area contributed by atoms with Crippen LogP contribution in [0.15, 0.2) is 97.1 Å². The van der Waals surface area contributed by atoms with E-state index in [4.69, 9.17) is 0 Å². The Hall–Kier alpha value is -2.60. The summed E-state index contributed by atoms with van der Waals surface area (Å²) >= 11 is 0. The van der Waals surface area contributed by atoms with E-state index < -0.39 is 0 Å². The van der Waals surface area contributed by atoms with Gasteiger partial charge in [-0.25, -0.2) is 0 Å². The Balaban J connectivity index is 0.000000356. The Bertz CT molecular complexity index is 676. The Morgan fingerprint density at radius 1 is 0.345 bits per heavy atom. The monoisotopic (exact) mass is 419 g/mol. The molecule has 0 saturated carbocycles. The van der Waals surface area contributed by atoms with Gasteiger partial charge in [-0.2, -0.15) is 144 Å². The van der Waals surface area contributed by atoms with Gasteiger partial charge in [-0.05, 0) is 0 Å². The summed E-state index contributed by atoms with van der Waals surface area (Å²) in [5.74, 6) is 0. The third kappa shape index (κ3) is 16.1. The van der Waals surface area contributed by atoms with Crippen molar-refractivity contribution in [1.29, 1.82) is 0 Å². The van der Waals surface area contributed by atoms with Crippen molar-refractivity contribution in [1.82, 2.24) is 0 Å². The van der Waals surface area contributed by atoms with E-state index in [1.54, 1.807) is 0 Å². The minimum absolute atomic E-state index is 0. The van der Waals surface area contributed by atoms with Gasteiger partial charge in [0.25, 0.3) is 0 Å². The zero-order valence-corrected chi connectivity index (χ0v) is 18.8. The molecule has 0 fully saturated rings. The molecule has 0 aliphatic heterocycles.